The van der Waals surface area contributed by atoms with Crippen LogP contribution in [0.3, 0.4) is 0 Å². The van der Waals surface area contributed by atoms with E-state index in [1.807, 2.05) is 11.4 Å². The largest absolute Gasteiger partial charge is 0.340 e. The van der Waals surface area contributed by atoms with Gasteiger partial charge in [-0.25, -0.2) is 0 Å². The third kappa shape index (κ3) is 3.30. The lowest BCUT2D eigenvalue weighted by atomic mass is 10.0. The molecule has 1 aliphatic rings. The van der Waals surface area contributed by atoms with Gasteiger partial charge in [0.15, 0.2) is 0 Å². The Morgan fingerprint density at radius 1 is 1.53 bits per heavy atom. The van der Waals surface area contributed by atoms with Crippen molar-refractivity contribution in [3.63, 3.8) is 0 Å². The van der Waals surface area contributed by atoms with Gasteiger partial charge in [-0.1, -0.05) is 0 Å². The van der Waals surface area contributed by atoms with Crippen LogP contribution in [0.15, 0.2) is 16.8 Å². The van der Waals surface area contributed by atoms with Crippen molar-refractivity contribution >= 4 is 17.2 Å². The zero-order valence-corrected chi connectivity index (χ0v) is 11.1. The molecule has 94 valence electrons. The van der Waals surface area contributed by atoms with Crippen molar-refractivity contribution in [3.05, 3.63) is 22.4 Å². The number of thiophene rings is 1. The minimum atomic E-state index is 0.276. The summed E-state index contributed by atoms with van der Waals surface area (Å²) < 4.78 is 0. The van der Waals surface area contributed by atoms with Gasteiger partial charge in [0.1, 0.15) is 0 Å². The summed E-state index contributed by atoms with van der Waals surface area (Å²) >= 11 is 1.66. The Morgan fingerprint density at radius 2 is 2.29 bits per heavy atom. The van der Waals surface area contributed by atoms with E-state index in [1.54, 1.807) is 11.3 Å². The number of amides is 1. The quantitative estimate of drug-likeness (QED) is 0.887. The molecule has 2 heterocycles. The van der Waals surface area contributed by atoms with Crippen molar-refractivity contribution in [1.29, 1.82) is 0 Å². The number of carbonyl (C=O) groups is 1. The SMILES string of the molecule is CCN(C(=O)Cc1ccsc1)C1CCNCC1. The number of hydrogen-bond donors (Lipinski definition) is 1. The maximum Gasteiger partial charge on any atom is 0.227 e. The van der Waals surface area contributed by atoms with Crippen molar-refractivity contribution in [2.45, 2.75) is 32.2 Å². The molecular formula is C13H20N2OS. The van der Waals surface area contributed by atoms with Crippen molar-refractivity contribution in [2.24, 2.45) is 0 Å². The topological polar surface area (TPSA) is 32.3 Å². The number of piperidine rings is 1. The lowest BCUT2D eigenvalue weighted by molar-refractivity contribution is -0.133. The van der Waals surface area contributed by atoms with Crippen LogP contribution in [0.1, 0.15) is 25.3 Å². The first-order valence-corrected chi connectivity index (χ1v) is 7.26. The van der Waals surface area contributed by atoms with Crippen molar-refractivity contribution in [1.82, 2.24) is 10.2 Å². The number of nitrogens with one attached hydrogen (secondary N) is 1. The third-order valence-corrected chi connectivity index (χ3v) is 4.08. The zero-order valence-electron chi connectivity index (χ0n) is 10.3. The van der Waals surface area contributed by atoms with Gasteiger partial charge in [0.05, 0.1) is 6.42 Å². The first-order valence-electron chi connectivity index (χ1n) is 6.32. The highest BCUT2D eigenvalue weighted by Gasteiger charge is 2.23. The molecule has 2 rings (SSSR count). The molecule has 0 radical (unpaired) electrons. The van der Waals surface area contributed by atoms with Gasteiger partial charge in [-0.05, 0) is 55.2 Å². The minimum Gasteiger partial charge on any atom is -0.340 e. The Hall–Kier alpha value is -0.870. The molecule has 4 heteroatoms. The smallest absolute Gasteiger partial charge is 0.227 e. The molecule has 1 aromatic rings. The molecule has 0 atom stereocenters. The van der Waals surface area contributed by atoms with Crippen LogP contribution >= 0.6 is 11.3 Å². The first-order chi connectivity index (χ1) is 8.31. The number of likely N-dealkylation sites (N-methyl/N-ethyl adjacent to an activating group) is 1. The van der Waals surface area contributed by atoms with E-state index in [4.69, 9.17) is 0 Å². The fraction of sp³-hybridized carbons (Fsp3) is 0.615. The Kier molecular flexibility index (Phi) is 4.57. The Morgan fingerprint density at radius 3 is 2.88 bits per heavy atom. The molecule has 0 saturated carbocycles. The molecule has 1 aromatic heterocycles. The molecular weight excluding hydrogens is 232 g/mol. The van der Waals surface area contributed by atoms with E-state index in [0.717, 1.165) is 38.0 Å². The van der Waals surface area contributed by atoms with Crippen molar-refractivity contribution < 1.29 is 4.79 Å². The Balaban J connectivity index is 1.94. The van der Waals surface area contributed by atoms with Crippen LogP contribution in [0.25, 0.3) is 0 Å². The highest BCUT2D eigenvalue weighted by Crippen LogP contribution is 2.15. The number of nitrogens with zero attached hydrogens (tertiary/aromatic N) is 1. The first kappa shape index (κ1) is 12.6. The summed E-state index contributed by atoms with van der Waals surface area (Å²) in [5.41, 5.74) is 1.15. The fourth-order valence-corrected chi connectivity index (χ4v) is 3.09. The maximum absolute atomic E-state index is 12.3. The Bertz CT molecular complexity index is 344. The van der Waals surface area contributed by atoms with Crippen LogP contribution in [0.5, 0.6) is 0 Å². The second-order valence-corrected chi connectivity index (χ2v) is 5.25. The summed E-state index contributed by atoms with van der Waals surface area (Å²) in [7, 11) is 0. The van der Waals surface area contributed by atoms with Crippen LogP contribution < -0.4 is 5.32 Å². The molecule has 0 aliphatic carbocycles. The highest BCUT2D eigenvalue weighted by atomic mass is 32.1. The second-order valence-electron chi connectivity index (χ2n) is 4.47. The van der Waals surface area contributed by atoms with Crippen molar-refractivity contribution in [2.75, 3.05) is 19.6 Å². The van der Waals surface area contributed by atoms with Crippen LogP contribution in [-0.2, 0) is 11.2 Å². The van der Waals surface area contributed by atoms with E-state index in [-0.39, 0.29) is 5.91 Å². The van der Waals surface area contributed by atoms with E-state index in [0.29, 0.717) is 12.5 Å². The van der Waals surface area contributed by atoms with Gasteiger partial charge in [-0.3, -0.25) is 4.79 Å². The molecule has 1 amide bonds. The summed E-state index contributed by atoms with van der Waals surface area (Å²) in [6.45, 7) is 4.97. The molecule has 1 saturated heterocycles. The standard InChI is InChI=1S/C13H20N2OS/c1-2-15(12-3-6-14-7-4-12)13(16)9-11-5-8-17-10-11/h5,8,10,12,14H,2-4,6-7,9H2,1H3. The summed E-state index contributed by atoms with van der Waals surface area (Å²) in [5.74, 6) is 0.276. The van der Waals surface area contributed by atoms with Gasteiger partial charge in [0, 0.05) is 12.6 Å². The average molecular weight is 252 g/mol. The van der Waals surface area contributed by atoms with Gasteiger partial charge in [0.25, 0.3) is 0 Å². The van der Waals surface area contributed by atoms with Crippen molar-refractivity contribution in [3.8, 4) is 0 Å². The maximum atomic E-state index is 12.3. The molecule has 1 N–H and O–H groups in total. The lowest BCUT2D eigenvalue weighted by Crippen LogP contribution is -2.46. The number of hydrogen-bond acceptors (Lipinski definition) is 3. The Labute approximate surface area is 107 Å². The molecule has 0 unspecified atom stereocenters. The lowest BCUT2D eigenvalue weighted by Gasteiger charge is -2.34. The third-order valence-electron chi connectivity index (χ3n) is 3.35. The van der Waals surface area contributed by atoms with Gasteiger partial charge < -0.3 is 10.2 Å². The fourth-order valence-electron chi connectivity index (χ4n) is 2.43. The van der Waals surface area contributed by atoms with Gasteiger partial charge in [-0.2, -0.15) is 11.3 Å². The molecule has 1 fully saturated rings. The molecule has 3 nitrogen and oxygen atoms in total. The summed E-state index contributed by atoms with van der Waals surface area (Å²) in [6, 6.07) is 2.48. The molecule has 0 spiro atoms. The predicted octanol–water partition coefficient (Wildman–Crippen LogP) is 1.89. The average Bonchev–Trinajstić information content (AvgIpc) is 2.84. The van der Waals surface area contributed by atoms with Crippen LogP contribution in [-0.4, -0.2) is 36.5 Å². The zero-order chi connectivity index (χ0) is 12.1. The van der Waals surface area contributed by atoms with Crippen LogP contribution in [0.4, 0.5) is 0 Å². The van der Waals surface area contributed by atoms with Crippen LogP contribution in [0, 0.1) is 0 Å². The van der Waals surface area contributed by atoms with E-state index in [9.17, 15) is 4.79 Å². The molecule has 1 aliphatic heterocycles. The number of rotatable bonds is 4. The summed E-state index contributed by atoms with van der Waals surface area (Å²) in [6.07, 6.45) is 2.73. The number of carbonyl (C=O) groups excluding carboxylic acids is 1. The summed E-state index contributed by atoms with van der Waals surface area (Å²) in [5, 5.41) is 7.44. The van der Waals surface area contributed by atoms with Gasteiger partial charge >= 0.3 is 0 Å². The molecule has 0 bridgehead atoms. The normalized spacial score (nSPS) is 17.0. The summed E-state index contributed by atoms with van der Waals surface area (Å²) in [4.78, 5) is 14.3. The van der Waals surface area contributed by atoms with Gasteiger partial charge in [-0.15, -0.1) is 0 Å². The molecule has 0 aromatic carbocycles. The van der Waals surface area contributed by atoms with E-state index >= 15 is 0 Å². The predicted molar refractivity (Wildman–Crippen MR) is 71.3 cm³/mol. The van der Waals surface area contributed by atoms with E-state index < -0.39 is 0 Å². The second kappa shape index (κ2) is 6.17. The van der Waals surface area contributed by atoms with E-state index in [2.05, 4.69) is 22.5 Å². The molecule has 17 heavy (non-hydrogen) atoms. The van der Waals surface area contributed by atoms with Gasteiger partial charge in [0.2, 0.25) is 5.91 Å². The van der Waals surface area contributed by atoms with Crippen LogP contribution in [0.2, 0.25) is 0 Å². The van der Waals surface area contributed by atoms with E-state index in [1.165, 1.54) is 0 Å². The monoisotopic (exact) mass is 252 g/mol. The minimum absolute atomic E-state index is 0.276. The highest BCUT2D eigenvalue weighted by molar-refractivity contribution is 7.07.